The summed E-state index contributed by atoms with van der Waals surface area (Å²) in [5, 5.41) is 0.660. The fourth-order valence-corrected chi connectivity index (χ4v) is 2.95. The molecule has 2 aromatic carbocycles. The van der Waals surface area contributed by atoms with E-state index in [1.807, 2.05) is 41.0 Å². The normalized spacial score (nSPS) is 11.0. The maximum absolute atomic E-state index is 6.06. The van der Waals surface area contributed by atoms with Gasteiger partial charge in [-0.1, -0.05) is 17.7 Å². The summed E-state index contributed by atoms with van der Waals surface area (Å²) in [6.07, 6.45) is 0. The molecule has 0 bridgehead atoms. The van der Waals surface area contributed by atoms with Gasteiger partial charge in [0.15, 0.2) is 0 Å². The Hall–Kier alpha value is -1.23. The van der Waals surface area contributed by atoms with Gasteiger partial charge in [0, 0.05) is 10.2 Å². The van der Waals surface area contributed by atoms with Gasteiger partial charge in [-0.05, 0) is 46.3 Å². The molecule has 0 spiro atoms. The molecule has 1 aromatic heterocycles. The van der Waals surface area contributed by atoms with E-state index >= 15 is 0 Å². The van der Waals surface area contributed by atoms with Crippen molar-refractivity contribution in [1.82, 2.24) is 9.55 Å². The number of methoxy groups -OCH3 is 1. The molecule has 6 heteroatoms. The molecule has 0 N–H and O–H groups in total. The monoisotopic (exact) mass is 384 g/mol. The summed E-state index contributed by atoms with van der Waals surface area (Å²) in [5.74, 6) is 1.79. The first-order valence-electron chi connectivity index (χ1n) is 6.21. The second-order valence-corrected chi connectivity index (χ2v) is 5.95. The average Bonchev–Trinajstić information content (AvgIpc) is 2.88. The lowest BCUT2D eigenvalue weighted by Crippen LogP contribution is -1.99. The summed E-state index contributed by atoms with van der Waals surface area (Å²) in [5.41, 5.74) is 2.68. The lowest BCUT2D eigenvalue weighted by molar-refractivity contribution is 0.419. The third-order valence-corrected chi connectivity index (χ3v) is 4.67. The van der Waals surface area contributed by atoms with Crippen LogP contribution in [0.4, 0.5) is 0 Å². The van der Waals surface area contributed by atoms with Crippen LogP contribution in [0.5, 0.6) is 5.75 Å². The molecule has 0 aliphatic carbocycles. The van der Waals surface area contributed by atoms with Crippen LogP contribution in [-0.2, 0) is 5.88 Å². The Labute approximate surface area is 140 Å². The fourth-order valence-electron chi connectivity index (χ4n) is 2.29. The first-order chi connectivity index (χ1) is 10.2. The van der Waals surface area contributed by atoms with Gasteiger partial charge in [-0.2, -0.15) is 0 Å². The largest absolute Gasteiger partial charge is 0.494 e. The zero-order chi connectivity index (χ0) is 15.0. The highest BCUT2D eigenvalue weighted by molar-refractivity contribution is 9.10. The molecule has 3 aromatic rings. The smallest absolute Gasteiger partial charge is 0.146 e. The van der Waals surface area contributed by atoms with Crippen LogP contribution in [0.25, 0.3) is 16.7 Å². The third-order valence-electron chi connectivity index (χ3n) is 3.22. The molecule has 0 amide bonds. The van der Waals surface area contributed by atoms with Crippen LogP contribution in [0, 0.1) is 0 Å². The molecule has 0 fully saturated rings. The van der Waals surface area contributed by atoms with E-state index in [0.29, 0.717) is 10.9 Å². The molecule has 0 aliphatic heterocycles. The lowest BCUT2D eigenvalue weighted by atomic mass is 10.2. The number of para-hydroxylation sites is 1. The van der Waals surface area contributed by atoms with Crippen molar-refractivity contribution in [2.45, 2.75) is 5.88 Å². The summed E-state index contributed by atoms with van der Waals surface area (Å²) in [6.45, 7) is 0. The number of hydrogen-bond donors (Lipinski definition) is 0. The van der Waals surface area contributed by atoms with E-state index in [0.717, 1.165) is 32.8 Å². The number of aromatic nitrogens is 2. The van der Waals surface area contributed by atoms with Crippen molar-refractivity contribution in [3.8, 4) is 11.4 Å². The number of hydrogen-bond acceptors (Lipinski definition) is 2. The number of halogens is 3. The second kappa shape index (κ2) is 5.87. The van der Waals surface area contributed by atoms with Crippen molar-refractivity contribution in [3.05, 3.63) is 51.7 Å². The van der Waals surface area contributed by atoms with Crippen molar-refractivity contribution in [2.24, 2.45) is 0 Å². The Balaban J connectivity index is 2.32. The number of rotatable bonds is 3. The highest BCUT2D eigenvalue weighted by Gasteiger charge is 2.15. The van der Waals surface area contributed by atoms with Gasteiger partial charge in [0.05, 0.1) is 23.5 Å². The van der Waals surface area contributed by atoms with E-state index in [1.54, 1.807) is 7.11 Å². The summed E-state index contributed by atoms with van der Waals surface area (Å²) in [4.78, 5) is 4.59. The van der Waals surface area contributed by atoms with Gasteiger partial charge in [-0.25, -0.2) is 4.98 Å². The standard InChI is InChI=1S/C15H11BrCl2N2O/c1-21-13-4-2-3-12-15(13)19-14(8-17)20(12)9-5-6-11(18)10(16)7-9/h2-7H,8H2,1H3. The van der Waals surface area contributed by atoms with E-state index in [1.165, 1.54) is 0 Å². The summed E-state index contributed by atoms with van der Waals surface area (Å²) in [7, 11) is 1.63. The zero-order valence-corrected chi connectivity index (χ0v) is 14.2. The van der Waals surface area contributed by atoms with Crippen LogP contribution in [0.2, 0.25) is 5.02 Å². The maximum Gasteiger partial charge on any atom is 0.146 e. The molecule has 0 saturated carbocycles. The van der Waals surface area contributed by atoms with E-state index in [4.69, 9.17) is 27.9 Å². The summed E-state index contributed by atoms with van der Waals surface area (Å²) in [6, 6.07) is 11.5. The Bertz CT molecular complexity index is 817. The highest BCUT2D eigenvalue weighted by Crippen LogP contribution is 2.31. The van der Waals surface area contributed by atoms with E-state index < -0.39 is 0 Å². The number of ether oxygens (including phenoxy) is 1. The minimum Gasteiger partial charge on any atom is -0.494 e. The molecule has 1 heterocycles. The number of fused-ring (bicyclic) bond motifs is 1. The molecule has 21 heavy (non-hydrogen) atoms. The third kappa shape index (κ3) is 2.52. The molecule has 0 unspecified atom stereocenters. The summed E-state index contributed by atoms with van der Waals surface area (Å²) >= 11 is 15.6. The molecule has 0 aliphatic rings. The van der Waals surface area contributed by atoms with E-state index in [2.05, 4.69) is 20.9 Å². The van der Waals surface area contributed by atoms with Gasteiger partial charge >= 0.3 is 0 Å². The van der Waals surface area contributed by atoms with Crippen LogP contribution >= 0.6 is 39.1 Å². The SMILES string of the molecule is COc1cccc2c1nc(CCl)n2-c1ccc(Cl)c(Br)c1. The predicted octanol–water partition coefficient (Wildman–Crippen LogP) is 5.19. The molecule has 0 atom stereocenters. The zero-order valence-electron chi connectivity index (χ0n) is 11.1. The second-order valence-electron chi connectivity index (χ2n) is 4.42. The molecule has 0 radical (unpaired) electrons. The number of nitrogens with zero attached hydrogens (tertiary/aromatic N) is 2. The van der Waals surface area contributed by atoms with Crippen molar-refractivity contribution in [3.63, 3.8) is 0 Å². The van der Waals surface area contributed by atoms with Crippen LogP contribution in [0.1, 0.15) is 5.82 Å². The van der Waals surface area contributed by atoms with E-state index in [9.17, 15) is 0 Å². The Kier molecular flexibility index (Phi) is 4.11. The van der Waals surface area contributed by atoms with Crippen LogP contribution < -0.4 is 4.74 Å². The molecule has 0 saturated heterocycles. The average molecular weight is 386 g/mol. The van der Waals surface area contributed by atoms with Gasteiger partial charge in [0.2, 0.25) is 0 Å². The lowest BCUT2D eigenvalue weighted by Gasteiger charge is -2.09. The minimum atomic E-state index is 0.304. The topological polar surface area (TPSA) is 27.1 Å². The maximum atomic E-state index is 6.06. The van der Waals surface area contributed by atoms with Crippen molar-refractivity contribution < 1.29 is 4.74 Å². The predicted molar refractivity (Wildman–Crippen MR) is 89.9 cm³/mol. The molecule has 3 rings (SSSR count). The van der Waals surface area contributed by atoms with Crippen molar-refractivity contribution in [2.75, 3.05) is 7.11 Å². The number of alkyl halides is 1. The van der Waals surface area contributed by atoms with E-state index in [-0.39, 0.29) is 0 Å². The molecular weight excluding hydrogens is 375 g/mol. The quantitative estimate of drug-likeness (QED) is 0.580. The van der Waals surface area contributed by atoms with Crippen molar-refractivity contribution >= 4 is 50.2 Å². The van der Waals surface area contributed by atoms with Gasteiger partial charge in [-0.15, -0.1) is 11.6 Å². The Morgan fingerprint density at radius 3 is 2.76 bits per heavy atom. The summed E-state index contributed by atoms with van der Waals surface area (Å²) < 4.78 is 8.20. The molecular formula is C15H11BrCl2N2O. The van der Waals surface area contributed by atoms with Gasteiger partial charge in [0.25, 0.3) is 0 Å². The Morgan fingerprint density at radius 2 is 2.10 bits per heavy atom. The molecule has 3 nitrogen and oxygen atoms in total. The first-order valence-corrected chi connectivity index (χ1v) is 7.92. The van der Waals surface area contributed by atoms with Crippen LogP contribution in [-0.4, -0.2) is 16.7 Å². The number of imidazole rings is 1. The highest BCUT2D eigenvalue weighted by atomic mass is 79.9. The van der Waals surface area contributed by atoms with Crippen molar-refractivity contribution in [1.29, 1.82) is 0 Å². The van der Waals surface area contributed by atoms with Gasteiger partial charge in [-0.3, -0.25) is 4.57 Å². The van der Waals surface area contributed by atoms with Crippen LogP contribution in [0.15, 0.2) is 40.9 Å². The van der Waals surface area contributed by atoms with Crippen LogP contribution in [0.3, 0.4) is 0 Å². The van der Waals surface area contributed by atoms with Gasteiger partial charge < -0.3 is 4.74 Å². The minimum absolute atomic E-state index is 0.304. The Morgan fingerprint density at radius 1 is 1.29 bits per heavy atom. The number of benzene rings is 2. The molecule has 108 valence electrons. The first kappa shape index (κ1) is 14.7. The van der Waals surface area contributed by atoms with Gasteiger partial charge in [0.1, 0.15) is 17.1 Å². The fraction of sp³-hybridized carbons (Fsp3) is 0.133.